The SMILES string of the molecule is CCOC(=O)CN(C)C(=O)Cc1csc(-c2cccs2)n1. The number of likely N-dealkylation sites (N-methyl/N-ethyl adjacent to an activating group) is 1. The highest BCUT2D eigenvalue weighted by atomic mass is 32.1. The summed E-state index contributed by atoms with van der Waals surface area (Å²) in [5.41, 5.74) is 0.726. The number of esters is 1. The van der Waals surface area contributed by atoms with Gasteiger partial charge in [-0.3, -0.25) is 9.59 Å². The van der Waals surface area contributed by atoms with Crippen molar-refractivity contribution in [3.8, 4) is 9.88 Å². The number of rotatable bonds is 6. The third kappa shape index (κ3) is 4.37. The van der Waals surface area contributed by atoms with E-state index < -0.39 is 5.97 Å². The molecule has 2 rings (SSSR count). The van der Waals surface area contributed by atoms with E-state index in [9.17, 15) is 9.59 Å². The molecule has 0 spiro atoms. The van der Waals surface area contributed by atoms with Crippen LogP contribution >= 0.6 is 22.7 Å². The summed E-state index contributed by atoms with van der Waals surface area (Å²) in [6.45, 7) is 2.02. The van der Waals surface area contributed by atoms with Crippen LogP contribution in [0.25, 0.3) is 9.88 Å². The van der Waals surface area contributed by atoms with Crippen molar-refractivity contribution in [2.24, 2.45) is 0 Å². The molecule has 0 fully saturated rings. The molecule has 5 nitrogen and oxygen atoms in total. The number of thiazole rings is 1. The standard InChI is InChI=1S/C14H16N2O3S2/c1-3-19-13(18)8-16(2)12(17)7-10-9-21-14(15-10)11-5-4-6-20-11/h4-6,9H,3,7-8H2,1-2H3. The molecule has 2 aromatic heterocycles. The lowest BCUT2D eigenvalue weighted by Gasteiger charge is -2.15. The Hall–Kier alpha value is -1.73. The number of thiophene rings is 1. The van der Waals surface area contributed by atoms with Gasteiger partial charge in [0, 0.05) is 12.4 Å². The van der Waals surface area contributed by atoms with Gasteiger partial charge in [0.15, 0.2) is 0 Å². The van der Waals surface area contributed by atoms with Gasteiger partial charge in [-0.15, -0.1) is 22.7 Å². The summed E-state index contributed by atoms with van der Waals surface area (Å²) < 4.78 is 4.82. The summed E-state index contributed by atoms with van der Waals surface area (Å²) in [5.74, 6) is -0.544. The van der Waals surface area contributed by atoms with Gasteiger partial charge in [0.1, 0.15) is 11.6 Å². The van der Waals surface area contributed by atoms with E-state index in [-0.39, 0.29) is 18.9 Å². The monoisotopic (exact) mass is 324 g/mol. The van der Waals surface area contributed by atoms with E-state index in [1.165, 1.54) is 16.2 Å². The predicted molar refractivity (Wildman–Crippen MR) is 83.4 cm³/mol. The number of nitrogens with zero attached hydrogens (tertiary/aromatic N) is 2. The van der Waals surface area contributed by atoms with Gasteiger partial charge in [-0.1, -0.05) is 6.07 Å². The van der Waals surface area contributed by atoms with Gasteiger partial charge in [-0.25, -0.2) is 4.98 Å². The average Bonchev–Trinajstić information content (AvgIpc) is 3.08. The van der Waals surface area contributed by atoms with Crippen molar-refractivity contribution < 1.29 is 14.3 Å². The minimum absolute atomic E-state index is 0.0331. The third-order valence-electron chi connectivity index (χ3n) is 2.71. The lowest BCUT2D eigenvalue weighted by Crippen LogP contribution is -2.34. The molecule has 2 heterocycles. The van der Waals surface area contributed by atoms with Crippen molar-refractivity contribution >= 4 is 34.6 Å². The Morgan fingerprint density at radius 2 is 2.19 bits per heavy atom. The molecular formula is C14H16N2O3S2. The molecule has 0 aliphatic rings. The fourth-order valence-electron chi connectivity index (χ4n) is 1.68. The number of amides is 1. The number of hydrogen-bond acceptors (Lipinski definition) is 6. The van der Waals surface area contributed by atoms with Crippen molar-refractivity contribution in [1.82, 2.24) is 9.88 Å². The maximum absolute atomic E-state index is 12.0. The zero-order valence-electron chi connectivity index (χ0n) is 11.9. The largest absolute Gasteiger partial charge is 0.465 e. The van der Waals surface area contributed by atoms with E-state index in [1.54, 1.807) is 25.3 Å². The van der Waals surface area contributed by atoms with Crippen LogP contribution in [0.4, 0.5) is 0 Å². The minimum Gasteiger partial charge on any atom is -0.465 e. The summed E-state index contributed by atoms with van der Waals surface area (Å²) in [6, 6.07) is 3.97. The van der Waals surface area contributed by atoms with Crippen LogP contribution in [0.5, 0.6) is 0 Å². The van der Waals surface area contributed by atoms with Crippen LogP contribution in [0.2, 0.25) is 0 Å². The Kier molecular flexibility index (Phi) is 5.46. The first kappa shape index (κ1) is 15.7. The van der Waals surface area contributed by atoms with E-state index in [4.69, 9.17) is 4.74 Å². The zero-order chi connectivity index (χ0) is 15.2. The summed E-state index contributed by atoms with van der Waals surface area (Å²) >= 11 is 3.14. The molecule has 7 heteroatoms. The normalized spacial score (nSPS) is 10.4. The lowest BCUT2D eigenvalue weighted by atomic mass is 10.3. The van der Waals surface area contributed by atoms with Crippen molar-refractivity contribution in [3.05, 3.63) is 28.6 Å². The number of carbonyl (C=O) groups excluding carboxylic acids is 2. The molecular weight excluding hydrogens is 308 g/mol. The number of ether oxygens (including phenoxy) is 1. The van der Waals surface area contributed by atoms with Crippen LogP contribution < -0.4 is 0 Å². The molecule has 0 atom stereocenters. The van der Waals surface area contributed by atoms with Crippen molar-refractivity contribution in [1.29, 1.82) is 0 Å². The van der Waals surface area contributed by atoms with Crippen LogP contribution in [-0.2, 0) is 20.7 Å². The Morgan fingerprint density at radius 1 is 1.38 bits per heavy atom. The molecule has 0 N–H and O–H groups in total. The molecule has 2 aromatic rings. The number of aromatic nitrogens is 1. The van der Waals surface area contributed by atoms with Gasteiger partial charge >= 0.3 is 5.97 Å². The smallest absolute Gasteiger partial charge is 0.325 e. The lowest BCUT2D eigenvalue weighted by molar-refractivity contribution is -0.147. The Labute approximate surface area is 131 Å². The maximum atomic E-state index is 12.0. The van der Waals surface area contributed by atoms with Crippen LogP contribution in [-0.4, -0.2) is 42.0 Å². The first-order valence-corrected chi connectivity index (χ1v) is 8.24. The summed E-state index contributed by atoms with van der Waals surface area (Å²) in [4.78, 5) is 30.3. The van der Waals surface area contributed by atoms with Crippen molar-refractivity contribution in [3.63, 3.8) is 0 Å². The Bertz CT molecular complexity index is 608. The van der Waals surface area contributed by atoms with Gasteiger partial charge < -0.3 is 9.64 Å². The zero-order valence-corrected chi connectivity index (χ0v) is 13.5. The van der Waals surface area contributed by atoms with Crippen LogP contribution in [0.1, 0.15) is 12.6 Å². The number of hydrogen-bond donors (Lipinski definition) is 0. The Morgan fingerprint density at radius 3 is 2.86 bits per heavy atom. The molecule has 112 valence electrons. The van der Waals surface area contributed by atoms with E-state index in [2.05, 4.69) is 4.98 Å². The highest BCUT2D eigenvalue weighted by Gasteiger charge is 2.16. The fraction of sp³-hybridized carbons (Fsp3) is 0.357. The molecule has 0 aliphatic carbocycles. The maximum Gasteiger partial charge on any atom is 0.325 e. The van der Waals surface area contributed by atoms with E-state index in [0.717, 1.165) is 15.6 Å². The van der Waals surface area contributed by atoms with E-state index in [0.29, 0.717) is 6.61 Å². The first-order chi connectivity index (χ1) is 10.1. The summed E-state index contributed by atoms with van der Waals surface area (Å²) in [6.07, 6.45) is 0.192. The van der Waals surface area contributed by atoms with Crippen molar-refractivity contribution in [2.45, 2.75) is 13.3 Å². The quantitative estimate of drug-likeness (QED) is 0.766. The summed E-state index contributed by atoms with van der Waals surface area (Å²) in [5, 5.41) is 4.79. The average molecular weight is 324 g/mol. The second-order valence-electron chi connectivity index (χ2n) is 4.35. The first-order valence-electron chi connectivity index (χ1n) is 6.48. The van der Waals surface area contributed by atoms with Gasteiger partial charge in [-0.05, 0) is 18.4 Å². The predicted octanol–water partition coefficient (Wildman–Crippen LogP) is 2.44. The molecule has 0 saturated heterocycles. The highest BCUT2D eigenvalue weighted by molar-refractivity contribution is 7.20. The Balaban J connectivity index is 1.92. The molecule has 0 saturated carbocycles. The third-order valence-corrected chi connectivity index (χ3v) is 4.64. The minimum atomic E-state index is -0.397. The van der Waals surface area contributed by atoms with E-state index in [1.807, 2.05) is 22.9 Å². The fourth-order valence-corrected chi connectivity index (χ4v) is 3.31. The summed E-state index contributed by atoms with van der Waals surface area (Å²) in [7, 11) is 1.59. The van der Waals surface area contributed by atoms with Gasteiger partial charge in [0.25, 0.3) is 0 Å². The number of carbonyl (C=O) groups is 2. The van der Waals surface area contributed by atoms with Crippen LogP contribution in [0.3, 0.4) is 0 Å². The highest BCUT2D eigenvalue weighted by Crippen LogP contribution is 2.27. The molecule has 0 radical (unpaired) electrons. The van der Waals surface area contributed by atoms with Crippen LogP contribution in [0.15, 0.2) is 22.9 Å². The molecule has 0 unspecified atom stereocenters. The van der Waals surface area contributed by atoms with Gasteiger partial charge in [0.2, 0.25) is 5.91 Å². The second kappa shape index (κ2) is 7.33. The molecule has 1 amide bonds. The molecule has 0 aromatic carbocycles. The second-order valence-corrected chi connectivity index (χ2v) is 6.16. The molecule has 21 heavy (non-hydrogen) atoms. The van der Waals surface area contributed by atoms with Crippen molar-refractivity contribution in [2.75, 3.05) is 20.2 Å². The topological polar surface area (TPSA) is 59.5 Å². The van der Waals surface area contributed by atoms with Gasteiger partial charge in [0.05, 0.1) is 23.6 Å². The molecule has 0 bridgehead atoms. The van der Waals surface area contributed by atoms with Crippen LogP contribution in [0, 0.1) is 0 Å². The van der Waals surface area contributed by atoms with E-state index >= 15 is 0 Å². The molecule has 0 aliphatic heterocycles. The van der Waals surface area contributed by atoms with Gasteiger partial charge in [-0.2, -0.15) is 0 Å².